The number of hydrogen-bond acceptors (Lipinski definition) is 7. The molecule has 6 atom stereocenters. The molecule has 2 saturated heterocycles. The van der Waals surface area contributed by atoms with Gasteiger partial charge in [0.15, 0.2) is 0 Å². The molecule has 6 aliphatic rings. The van der Waals surface area contributed by atoms with Crippen molar-refractivity contribution >= 4 is 40.4 Å². The maximum Gasteiger partial charge on any atom is 0.270 e. The molecule has 1 aromatic rings. The molecule has 3 heterocycles. The zero-order valence-electron chi connectivity index (χ0n) is 21.3. The molecule has 7 rings (SSSR count). The van der Waals surface area contributed by atoms with Gasteiger partial charge in [0.1, 0.15) is 16.8 Å². The number of aliphatic hydroxyl groups excluding tert-OH is 1. The maximum atomic E-state index is 13.2. The van der Waals surface area contributed by atoms with E-state index in [4.69, 9.17) is 39.3 Å². The Bertz CT molecular complexity index is 1200. The molecule has 2 bridgehead atoms. The van der Waals surface area contributed by atoms with Crippen LogP contribution in [0.25, 0.3) is 0 Å². The molecule has 1 unspecified atom stereocenters. The van der Waals surface area contributed by atoms with E-state index in [2.05, 4.69) is 23.7 Å². The lowest BCUT2D eigenvalue weighted by molar-refractivity contribution is -0.129. The Labute approximate surface area is 227 Å². The minimum atomic E-state index is -0.328. The summed E-state index contributed by atoms with van der Waals surface area (Å²) in [6.45, 7) is 6.75. The molecule has 0 aromatic carbocycles. The molecule has 8 nitrogen and oxygen atoms in total. The monoisotopic (exact) mass is 543 g/mol. The minimum absolute atomic E-state index is 0.0367. The third-order valence-corrected chi connectivity index (χ3v) is 9.90. The summed E-state index contributed by atoms with van der Waals surface area (Å²) in [4.78, 5) is 27.2. The van der Waals surface area contributed by atoms with Crippen LogP contribution in [0.4, 0.5) is 0 Å². The third-order valence-electron chi connectivity index (χ3n) is 9.25. The van der Waals surface area contributed by atoms with Gasteiger partial charge in [-0.3, -0.25) is 9.79 Å². The zero-order valence-corrected chi connectivity index (χ0v) is 22.8. The number of ether oxygens (including phenoxy) is 1. The Morgan fingerprint density at radius 2 is 2.05 bits per heavy atom. The van der Waals surface area contributed by atoms with Crippen LogP contribution < -0.4 is 10.5 Å². The van der Waals surface area contributed by atoms with Gasteiger partial charge in [0.05, 0.1) is 17.6 Å². The first kappa shape index (κ1) is 25.1. The number of rotatable bonds is 5. The lowest BCUT2D eigenvalue weighted by atomic mass is 10.0. The summed E-state index contributed by atoms with van der Waals surface area (Å²) in [7, 11) is 0. The second-order valence-electron chi connectivity index (χ2n) is 11.4. The predicted octanol–water partition coefficient (Wildman–Crippen LogP) is 2.83. The standard InChI is InChI=1S/C27H34ClN5O3S/c1-14-12-16(36-25-17(28)4-3-8-30-25)7-11-33(14)18(37)13-31-24-19(20-21-22(24)27(20,21)2)23(29)26(35)32-9-5-15(34)6-10-32/h3-4,8,14-16,20-22,34H,5-7,9-13,29H2,1-2H3/b23-19-,31-24?/t14-,16-,20+,21+,22?,27+/m1/s1. The summed E-state index contributed by atoms with van der Waals surface area (Å²) in [5.74, 6) is 1.71. The van der Waals surface area contributed by atoms with Crippen molar-refractivity contribution < 1.29 is 14.6 Å². The molecule has 10 heteroatoms. The van der Waals surface area contributed by atoms with E-state index in [-0.39, 0.29) is 29.6 Å². The van der Waals surface area contributed by atoms with Crippen molar-refractivity contribution in [3.05, 3.63) is 34.6 Å². The fraction of sp³-hybridized carbons (Fsp3) is 0.630. The van der Waals surface area contributed by atoms with Gasteiger partial charge in [-0.25, -0.2) is 4.98 Å². The molecule has 2 aliphatic heterocycles. The number of carbonyl (C=O) groups excluding carboxylic acids is 1. The van der Waals surface area contributed by atoms with Crippen LogP contribution >= 0.6 is 23.8 Å². The summed E-state index contributed by atoms with van der Waals surface area (Å²) in [6, 6.07) is 3.79. The number of likely N-dealkylation sites (tertiary alicyclic amines) is 2. The molecule has 37 heavy (non-hydrogen) atoms. The van der Waals surface area contributed by atoms with Crippen LogP contribution in [0.15, 0.2) is 34.6 Å². The minimum Gasteiger partial charge on any atom is -0.473 e. The fourth-order valence-electron chi connectivity index (χ4n) is 6.99. The van der Waals surface area contributed by atoms with Crippen LogP contribution in [-0.4, -0.2) is 80.9 Å². The highest BCUT2D eigenvalue weighted by Crippen LogP contribution is 2.91. The number of carbonyl (C=O) groups is 1. The lowest BCUT2D eigenvalue weighted by Gasteiger charge is -2.39. The Balaban J connectivity index is 1.11. The zero-order chi connectivity index (χ0) is 26.1. The first-order valence-electron chi connectivity index (χ1n) is 13.3. The van der Waals surface area contributed by atoms with Gasteiger partial charge in [0.25, 0.3) is 5.91 Å². The number of aliphatic imine (C=N–C) groups is 1. The molecule has 0 spiro atoms. The van der Waals surface area contributed by atoms with E-state index in [9.17, 15) is 9.90 Å². The number of nitrogens with two attached hydrogens (primary N) is 1. The SMILES string of the molecule is C[C@@H]1C[C@H](Oc2ncccc2Cl)CCN1C(=S)CN=C1/C(=C(\N)C(=O)N2CCC(O)CC2)[C@H]2[C@H]3C1[C@]32C. The largest absolute Gasteiger partial charge is 0.473 e. The second kappa shape index (κ2) is 9.20. The van der Waals surface area contributed by atoms with Crippen LogP contribution in [0.1, 0.15) is 39.5 Å². The first-order valence-corrected chi connectivity index (χ1v) is 14.1. The normalized spacial score (nSPS) is 36.9. The van der Waals surface area contributed by atoms with Crippen molar-refractivity contribution in [2.45, 2.75) is 57.8 Å². The van der Waals surface area contributed by atoms with Gasteiger partial charge in [0, 0.05) is 61.9 Å². The van der Waals surface area contributed by atoms with Gasteiger partial charge in [-0.05, 0) is 49.1 Å². The van der Waals surface area contributed by atoms with Gasteiger partial charge < -0.3 is 25.4 Å². The number of nitrogens with zero attached hydrogens (tertiary/aromatic N) is 4. The van der Waals surface area contributed by atoms with E-state index >= 15 is 0 Å². The van der Waals surface area contributed by atoms with Crippen molar-refractivity contribution in [1.82, 2.24) is 14.8 Å². The number of allylic oxidation sites excluding steroid dienone is 1. The van der Waals surface area contributed by atoms with Gasteiger partial charge in [-0.2, -0.15) is 0 Å². The van der Waals surface area contributed by atoms with Crippen molar-refractivity contribution in [1.29, 1.82) is 0 Å². The first-order chi connectivity index (χ1) is 17.7. The summed E-state index contributed by atoms with van der Waals surface area (Å²) < 4.78 is 6.07. The summed E-state index contributed by atoms with van der Waals surface area (Å²) >= 11 is 12.0. The molecule has 4 aliphatic carbocycles. The highest BCUT2D eigenvalue weighted by atomic mass is 35.5. The fourth-order valence-corrected chi connectivity index (χ4v) is 7.49. The number of thiocarbonyl (C=S) groups is 1. The van der Waals surface area contributed by atoms with Crippen molar-refractivity contribution in [2.24, 2.45) is 33.9 Å². The smallest absolute Gasteiger partial charge is 0.270 e. The van der Waals surface area contributed by atoms with E-state index < -0.39 is 0 Å². The number of aliphatic hydroxyl groups is 1. The highest BCUT2D eigenvalue weighted by molar-refractivity contribution is 7.80. The molecule has 3 N–H and O–H groups in total. The summed E-state index contributed by atoms with van der Waals surface area (Å²) in [5, 5.41) is 10.3. The molecule has 198 valence electrons. The molecule has 6 fully saturated rings. The van der Waals surface area contributed by atoms with Gasteiger partial charge in [0.2, 0.25) is 5.88 Å². The Morgan fingerprint density at radius 3 is 2.73 bits per heavy atom. The van der Waals surface area contributed by atoms with Crippen LogP contribution in [-0.2, 0) is 4.79 Å². The average molecular weight is 544 g/mol. The Hall–Kier alpha value is -2.23. The van der Waals surface area contributed by atoms with Gasteiger partial charge in [-0.1, -0.05) is 30.7 Å². The molecular formula is C27H34ClN5O3S. The molecule has 4 saturated carbocycles. The topological polar surface area (TPSA) is 104 Å². The van der Waals surface area contributed by atoms with E-state index in [1.54, 1.807) is 23.2 Å². The quantitative estimate of drug-likeness (QED) is 0.434. The molecular weight excluding hydrogens is 510 g/mol. The highest BCUT2D eigenvalue weighted by Gasteiger charge is 2.91. The predicted molar refractivity (Wildman–Crippen MR) is 146 cm³/mol. The number of halogens is 1. The van der Waals surface area contributed by atoms with Crippen molar-refractivity contribution in [3.63, 3.8) is 0 Å². The van der Waals surface area contributed by atoms with Crippen molar-refractivity contribution in [3.8, 4) is 5.88 Å². The summed E-state index contributed by atoms with van der Waals surface area (Å²) in [6.07, 6.45) is 4.25. The van der Waals surface area contributed by atoms with E-state index in [1.165, 1.54) is 0 Å². The Morgan fingerprint density at radius 1 is 1.32 bits per heavy atom. The van der Waals surface area contributed by atoms with Gasteiger partial charge >= 0.3 is 0 Å². The van der Waals surface area contributed by atoms with Crippen molar-refractivity contribution in [2.75, 3.05) is 26.2 Å². The number of amides is 1. The number of fused-ring (bicyclic) bond motifs is 1. The number of hydrogen-bond donors (Lipinski definition) is 2. The molecule has 1 amide bonds. The molecule has 0 radical (unpaired) electrons. The van der Waals surface area contributed by atoms with Crippen LogP contribution in [0, 0.1) is 23.2 Å². The van der Waals surface area contributed by atoms with Gasteiger partial charge in [-0.15, -0.1) is 0 Å². The number of aromatic nitrogens is 1. The van der Waals surface area contributed by atoms with E-state index in [0.29, 0.717) is 66.8 Å². The average Bonchev–Trinajstić information content (AvgIpc) is 3.56. The lowest BCUT2D eigenvalue weighted by Crippen LogP contribution is -2.47. The van der Waals surface area contributed by atoms with Crippen LogP contribution in [0.2, 0.25) is 5.02 Å². The number of piperidine rings is 2. The summed E-state index contributed by atoms with van der Waals surface area (Å²) in [5.41, 5.74) is 9.04. The molecule has 1 aromatic heterocycles. The number of pyridine rings is 1. The Kier molecular flexibility index (Phi) is 6.24. The maximum absolute atomic E-state index is 13.2. The van der Waals surface area contributed by atoms with Crippen LogP contribution in [0.5, 0.6) is 5.88 Å². The second-order valence-corrected chi connectivity index (χ2v) is 12.3. The van der Waals surface area contributed by atoms with E-state index in [1.807, 2.05) is 0 Å². The van der Waals surface area contributed by atoms with Crippen LogP contribution in [0.3, 0.4) is 0 Å². The van der Waals surface area contributed by atoms with E-state index in [0.717, 1.165) is 35.7 Å². The third kappa shape index (κ3) is 4.14.